The molecular weight excluding hydrogens is 623 g/mol. The van der Waals surface area contributed by atoms with Gasteiger partial charge in [0.25, 0.3) is 0 Å². The summed E-state index contributed by atoms with van der Waals surface area (Å²) in [5.74, 6) is 0. The van der Waals surface area contributed by atoms with Crippen molar-refractivity contribution in [2.45, 2.75) is 0 Å². The van der Waals surface area contributed by atoms with Crippen LogP contribution in [0.2, 0.25) is 0 Å². The molecule has 0 saturated carbocycles. The summed E-state index contributed by atoms with van der Waals surface area (Å²) in [5, 5.41) is 10.2. The van der Waals surface area contributed by atoms with Gasteiger partial charge in [-0.05, 0) is 91.6 Å². The maximum Gasteiger partial charge on any atom is 0.0476 e. The summed E-state index contributed by atoms with van der Waals surface area (Å²) in [5.41, 5.74) is 8.40. The van der Waals surface area contributed by atoms with Crippen molar-refractivity contribution in [1.29, 1.82) is 0 Å². The predicted molar refractivity (Wildman–Crippen MR) is 217 cm³/mol. The van der Waals surface area contributed by atoms with Crippen molar-refractivity contribution < 1.29 is 0 Å². The van der Waals surface area contributed by atoms with Crippen molar-refractivity contribution in [1.82, 2.24) is 0 Å². The fraction of sp³-hybridized carbons (Fsp3) is 0. The van der Waals surface area contributed by atoms with E-state index in [2.05, 4.69) is 193 Å². The summed E-state index contributed by atoms with van der Waals surface area (Å²) in [6.45, 7) is 0. The molecule has 1 nitrogen and oxygen atoms in total. The lowest BCUT2D eigenvalue weighted by atomic mass is 9.92. The van der Waals surface area contributed by atoms with E-state index in [9.17, 15) is 0 Å². The zero-order valence-corrected chi connectivity index (χ0v) is 28.1. The van der Waals surface area contributed by atoms with Crippen LogP contribution in [0.5, 0.6) is 0 Å². The summed E-state index contributed by atoms with van der Waals surface area (Å²) in [6, 6.07) is 68.7. The first-order chi connectivity index (χ1) is 24.8. The molecule has 0 unspecified atom stereocenters. The smallest absolute Gasteiger partial charge is 0.0476 e. The van der Waals surface area contributed by atoms with Crippen LogP contribution >= 0.6 is 11.3 Å². The highest BCUT2D eigenvalue weighted by molar-refractivity contribution is 7.26. The molecular formula is C48H31NS. The summed E-state index contributed by atoms with van der Waals surface area (Å²) >= 11 is 1.90. The topological polar surface area (TPSA) is 3.24 Å². The third-order valence-corrected chi connectivity index (χ3v) is 11.2. The van der Waals surface area contributed by atoms with Gasteiger partial charge in [0.05, 0.1) is 0 Å². The molecule has 0 amide bonds. The van der Waals surface area contributed by atoms with E-state index in [-0.39, 0.29) is 0 Å². The maximum absolute atomic E-state index is 2.43. The molecule has 0 bridgehead atoms. The number of benzene rings is 9. The van der Waals surface area contributed by atoms with E-state index in [0.717, 1.165) is 17.1 Å². The van der Waals surface area contributed by atoms with Gasteiger partial charge in [-0.2, -0.15) is 0 Å². The molecule has 0 fully saturated rings. The summed E-state index contributed by atoms with van der Waals surface area (Å²) < 4.78 is 2.62. The number of hydrogen-bond acceptors (Lipinski definition) is 2. The van der Waals surface area contributed by atoms with Crippen molar-refractivity contribution >= 4 is 80.9 Å². The van der Waals surface area contributed by atoms with Crippen LogP contribution in [0.25, 0.3) is 74.7 Å². The van der Waals surface area contributed by atoms with E-state index >= 15 is 0 Å². The highest BCUT2D eigenvalue weighted by Crippen LogP contribution is 2.46. The van der Waals surface area contributed by atoms with Gasteiger partial charge in [-0.3, -0.25) is 0 Å². The van der Waals surface area contributed by atoms with E-state index < -0.39 is 0 Å². The standard InChI is InChI=1S/C48H31NS/c1-2-11-32(12-3-1)34-21-24-37(25-22-34)49(38-26-23-33-13-4-5-15-36(33)29-38)39-27-28-43-46-31-45(41-20-10-16-35-14-6-7-17-40(35)41)42-18-8-9-19-44(42)48(46)50-47(43)30-39/h1-31H. The highest BCUT2D eigenvalue weighted by Gasteiger charge is 2.18. The van der Waals surface area contributed by atoms with E-state index in [0.29, 0.717) is 0 Å². The molecule has 0 atom stereocenters. The number of nitrogens with zero attached hydrogens (tertiary/aromatic N) is 1. The van der Waals surface area contributed by atoms with Gasteiger partial charge in [0.2, 0.25) is 0 Å². The van der Waals surface area contributed by atoms with E-state index in [1.54, 1.807) is 0 Å². The Morgan fingerprint density at radius 3 is 1.78 bits per heavy atom. The minimum Gasteiger partial charge on any atom is -0.310 e. The SMILES string of the molecule is c1ccc(-c2ccc(N(c3ccc4ccccc4c3)c3ccc4c(c3)sc3c5ccccc5c(-c5cccc6ccccc56)cc43)cc2)cc1. The lowest BCUT2D eigenvalue weighted by Gasteiger charge is -2.26. The van der Waals surface area contributed by atoms with Gasteiger partial charge in [-0.1, -0.05) is 146 Å². The minimum absolute atomic E-state index is 1.13. The van der Waals surface area contributed by atoms with Crippen molar-refractivity contribution in [2.75, 3.05) is 4.90 Å². The number of hydrogen-bond donors (Lipinski definition) is 0. The van der Waals surface area contributed by atoms with Crippen LogP contribution < -0.4 is 4.90 Å². The Labute approximate surface area is 294 Å². The molecule has 0 aliphatic rings. The molecule has 1 heterocycles. The van der Waals surface area contributed by atoms with Gasteiger partial charge in [0.15, 0.2) is 0 Å². The number of rotatable bonds is 5. The number of anilines is 3. The van der Waals surface area contributed by atoms with Gasteiger partial charge in [-0.25, -0.2) is 0 Å². The van der Waals surface area contributed by atoms with Crippen LogP contribution in [0.15, 0.2) is 188 Å². The summed E-state index contributed by atoms with van der Waals surface area (Å²) in [6.07, 6.45) is 0. The summed E-state index contributed by atoms with van der Waals surface area (Å²) in [7, 11) is 0. The Bertz CT molecular complexity index is 2860. The lowest BCUT2D eigenvalue weighted by molar-refractivity contribution is 1.30. The monoisotopic (exact) mass is 653 g/mol. The first kappa shape index (κ1) is 28.8. The second kappa shape index (κ2) is 11.7. The van der Waals surface area contributed by atoms with Crippen LogP contribution in [0.4, 0.5) is 17.1 Å². The Kier molecular flexibility index (Phi) is 6.75. The zero-order chi connectivity index (χ0) is 33.0. The lowest BCUT2D eigenvalue weighted by Crippen LogP contribution is -2.09. The van der Waals surface area contributed by atoms with Gasteiger partial charge < -0.3 is 4.90 Å². The molecule has 2 heteroatoms. The van der Waals surface area contributed by atoms with E-state index in [1.807, 2.05) is 11.3 Å². The maximum atomic E-state index is 2.43. The Morgan fingerprint density at radius 1 is 0.320 bits per heavy atom. The van der Waals surface area contributed by atoms with Crippen LogP contribution in [0, 0.1) is 0 Å². The number of fused-ring (bicyclic) bond motifs is 7. The van der Waals surface area contributed by atoms with Crippen molar-refractivity contribution in [2.24, 2.45) is 0 Å². The van der Waals surface area contributed by atoms with Gasteiger partial charge >= 0.3 is 0 Å². The molecule has 50 heavy (non-hydrogen) atoms. The molecule has 10 aromatic rings. The second-order valence-electron chi connectivity index (χ2n) is 12.9. The third-order valence-electron chi connectivity index (χ3n) is 10.0. The largest absolute Gasteiger partial charge is 0.310 e. The molecule has 0 spiro atoms. The van der Waals surface area contributed by atoms with Crippen LogP contribution in [0.3, 0.4) is 0 Å². The van der Waals surface area contributed by atoms with Crippen LogP contribution in [-0.2, 0) is 0 Å². The molecule has 0 saturated heterocycles. The summed E-state index contributed by atoms with van der Waals surface area (Å²) in [4.78, 5) is 2.39. The molecule has 0 aliphatic carbocycles. The molecule has 1 aromatic heterocycles. The average Bonchev–Trinajstić information content (AvgIpc) is 3.56. The van der Waals surface area contributed by atoms with E-state index in [1.165, 1.54) is 74.7 Å². The highest BCUT2D eigenvalue weighted by atomic mass is 32.1. The predicted octanol–water partition coefficient (Wildman–Crippen LogP) is 14.3. The molecule has 0 aliphatic heterocycles. The fourth-order valence-electron chi connectivity index (χ4n) is 7.61. The van der Waals surface area contributed by atoms with Gasteiger partial charge in [0, 0.05) is 42.6 Å². The van der Waals surface area contributed by atoms with Crippen molar-refractivity contribution in [3.8, 4) is 22.3 Å². The Balaban J connectivity index is 1.17. The van der Waals surface area contributed by atoms with Crippen molar-refractivity contribution in [3.05, 3.63) is 188 Å². The first-order valence-corrected chi connectivity index (χ1v) is 17.9. The first-order valence-electron chi connectivity index (χ1n) is 17.1. The van der Waals surface area contributed by atoms with Crippen molar-refractivity contribution in [3.63, 3.8) is 0 Å². The van der Waals surface area contributed by atoms with Gasteiger partial charge in [-0.15, -0.1) is 11.3 Å². The quantitative estimate of drug-likeness (QED) is 0.179. The van der Waals surface area contributed by atoms with Gasteiger partial charge in [0.1, 0.15) is 0 Å². The minimum atomic E-state index is 1.13. The molecule has 0 N–H and O–H groups in total. The molecule has 234 valence electrons. The fourth-order valence-corrected chi connectivity index (χ4v) is 8.86. The van der Waals surface area contributed by atoms with E-state index in [4.69, 9.17) is 0 Å². The zero-order valence-electron chi connectivity index (χ0n) is 27.3. The third kappa shape index (κ3) is 4.76. The average molecular weight is 654 g/mol. The Hall–Kier alpha value is -6.22. The van der Waals surface area contributed by atoms with Crippen LogP contribution in [0.1, 0.15) is 0 Å². The van der Waals surface area contributed by atoms with Crippen LogP contribution in [-0.4, -0.2) is 0 Å². The molecule has 10 rings (SSSR count). The molecule has 9 aromatic carbocycles. The number of thiophene rings is 1. The Morgan fingerprint density at radius 2 is 0.940 bits per heavy atom. The molecule has 0 radical (unpaired) electrons. The second-order valence-corrected chi connectivity index (χ2v) is 14.0. The normalized spacial score (nSPS) is 11.6.